The summed E-state index contributed by atoms with van der Waals surface area (Å²) in [4.78, 5) is 35.7. The fraction of sp³-hybridized carbons (Fsp3) is 0.650. The largest absolute Gasteiger partial charge is 0.516 e. The molecule has 6 nitrogen and oxygen atoms in total. The summed E-state index contributed by atoms with van der Waals surface area (Å²) in [5, 5.41) is 0. The van der Waals surface area contributed by atoms with Crippen LogP contribution in [0.4, 0.5) is 0 Å². The van der Waals surface area contributed by atoms with Gasteiger partial charge in [0.1, 0.15) is 0 Å². The van der Waals surface area contributed by atoms with Crippen LogP contribution >= 0.6 is 0 Å². The molecular formula is C20H34O6Si. The minimum absolute atomic E-state index is 0.255. The van der Waals surface area contributed by atoms with Crippen LogP contribution in [-0.4, -0.2) is 39.9 Å². The molecule has 0 bridgehead atoms. The van der Waals surface area contributed by atoms with Gasteiger partial charge in [-0.15, -0.1) is 0 Å². The Morgan fingerprint density at radius 3 is 1.59 bits per heavy atom. The van der Waals surface area contributed by atoms with Crippen LogP contribution in [0.15, 0.2) is 23.3 Å². The molecule has 0 saturated carbocycles. The molecule has 0 amide bonds. The predicted octanol–water partition coefficient (Wildman–Crippen LogP) is 4.31. The van der Waals surface area contributed by atoms with Crippen LogP contribution in [0.1, 0.15) is 55.4 Å². The zero-order valence-corrected chi connectivity index (χ0v) is 19.0. The summed E-state index contributed by atoms with van der Waals surface area (Å²) in [7, 11) is -1.07. The van der Waals surface area contributed by atoms with Gasteiger partial charge in [0.15, 0.2) is 6.61 Å². The Morgan fingerprint density at radius 1 is 0.815 bits per heavy atom. The van der Waals surface area contributed by atoms with Crippen LogP contribution < -0.4 is 0 Å². The van der Waals surface area contributed by atoms with Crippen LogP contribution in [-0.2, 0) is 28.3 Å². The molecule has 0 N–H and O–H groups in total. The first kappa shape index (κ1) is 25.1. The van der Waals surface area contributed by atoms with Crippen molar-refractivity contribution < 1.29 is 28.3 Å². The van der Waals surface area contributed by atoms with Gasteiger partial charge in [-0.25, -0.2) is 14.4 Å². The maximum Gasteiger partial charge on any atom is 0.334 e. The molecule has 0 saturated heterocycles. The molecule has 0 rings (SSSR count). The lowest BCUT2D eigenvalue weighted by Crippen LogP contribution is -2.49. The first-order valence-corrected chi connectivity index (χ1v) is 11.4. The molecule has 7 heteroatoms. The molecular weight excluding hydrogens is 364 g/mol. The number of esters is 2. The van der Waals surface area contributed by atoms with E-state index in [9.17, 15) is 14.4 Å². The number of carbonyl (C=O) groups excluding carboxylic acids is 3. The lowest BCUT2D eigenvalue weighted by molar-refractivity contribution is -0.151. The van der Waals surface area contributed by atoms with Crippen molar-refractivity contribution in [3.8, 4) is 0 Å². The summed E-state index contributed by atoms with van der Waals surface area (Å²) in [5.41, 5.74) is 1.39. The second-order valence-electron chi connectivity index (χ2n) is 7.56. The fourth-order valence-electron chi connectivity index (χ4n) is 3.37. The highest BCUT2D eigenvalue weighted by Crippen LogP contribution is 2.42. The minimum Gasteiger partial charge on any atom is -0.516 e. The lowest BCUT2D eigenvalue weighted by atomic mass is 10.2. The molecule has 0 aromatic heterocycles. The van der Waals surface area contributed by atoms with Crippen molar-refractivity contribution >= 4 is 26.2 Å². The highest BCUT2D eigenvalue weighted by molar-refractivity contribution is 6.78. The van der Waals surface area contributed by atoms with Crippen LogP contribution in [0, 0.1) is 0 Å². The second kappa shape index (κ2) is 11.1. The van der Waals surface area contributed by atoms with Crippen molar-refractivity contribution in [2.45, 2.75) is 72.0 Å². The van der Waals surface area contributed by atoms with Gasteiger partial charge in [0.05, 0.1) is 7.11 Å². The van der Waals surface area contributed by atoms with E-state index < -0.39 is 32.8 Å². The predicted molar refractivity (Wildman–Crippen MR) is 108 cm³/mol. The van der Waals surface area contributed by atoms with Gasteiger partial charge in [0.25, 0.3) is 8.32 Å². The third kappa shape index (κ3) is 6.97. The second-order valence-corrected chi connectivity index (χ2v) is 12.9. The first-order valence-electron chi connectivity index (χ1n) is 9.22. The summed E-state index contributed by atoms with van der Waals surface area (Å²) in [5.74, 6) is -1.62. The van der Waals surface area contributed by atoms with E-state index in [0.29, 0.717) is 5.57 Å². The standard InChI is InChI=1S/C20H34O6Si/c1-13(2)27(14(3)4,15(5)6)26-18(21)12-25-20(23)17(8)11-10-16(7)19(22)24-9/h10-11,13-15H,12H2,1-9H3/b16-10+,17-11+. The van der Waals surface area contributed by atoms with Crippen molar-refractivity contribution in [1.29, 1.82) is 0 Å². The van der Waals surface area contributed by atoms with E-state index in [1.807, 2.05) is 0 Å². The van der Waals surface area contributed by atoms with E-state index in [-0.39, 0.29) is 22.2 Å². The van der Waals surface area contributed by atoms with E-state index in [2.05, 4.69) is 46.3 Å². The molecule has 0 aromatic carbocycles. The number of hydrogen-bond acceptors (Lipinski definition) is 6. The van der Waals surface area contributed by atoms with Gasteiger partial charge in [0, 0.05) is 11.1 Å². The number of methoxy groups -OCH3 is 1. The van der Waals surface area contributed by atoms with Crippen LogP contribution in [0.3, 0.4) is 0 Å². The maximum atomic E-state index is 12.3. The normalized spacial score (nSPS) is 13.2. The Hall–Kier alpha value is -1.89. The Bertz CT molecular complexity index is 580. The maximum absolute atomic E-state index is 12.3. The molecule has 0 atom stereocenters. The molecule has 0 fully saturated rings. The van der Waals surface area contributed by atoms with Gasteiger partial charge in [0.2, 0.25) is 0 Å². The SMILES string of the molecule is COC(=O)/C(C)=C/C=C(\C)C(=O)OCC(=O)O[Si](C(C)C)(C(C)C)C(C)C. The van der Waals surface area contributed by atoms with Gasteiger partial charge in [-0.1, -0.05) is 53.7 Å². The Labute approximate surface area is 164 Å². The average Bonchev–Trinajstić information content (AvgIpc) is 2.59. The van der Waals surface area contributed by atoms with E-state index in [1.165, 1.54) is 19.3 Å². The van der Waals surface area contributed by atoms with Gasteiger partial charge < -0.3 is 13.9 Å². The van der Waals surface area contributed by atoms with Crippen LogP contribution in [0.25, 0.3) is 0 Å². The van der Waals surface area contributed by atoms with E-state index in [4.69, 9.17) is 9.16 Å². The highest BCUT2D eigenvalue weighted by atomic mass is 28.4. The molecule has 27 heavy (non-hydrogen) atoms. The molecule has 0 heterocycles. The van der Waals surface area contributed by atoms with Crippen molar-refractivity contribution in [2.75, 3.05) is 13.7 Å². The Kier molecular flexibility index (Phi) is 10.3. The lowest BCUT2D eigenvalue weighted by Gasteiger charge is -2.41. The zero-order chi connectivity index (χ0) is 21.4. The van der Waals surface area contributed by atoms with Gasteiger partial charge in [-0.05, 0) is 30.5 Å². The van der Waals surface area contributed by atoms with Crippen molar-refractivity contribution in [3.05, 3.63) is 23.3 Å². The van der Waals surface area contributed by atoms with Crippen molar-refractivity contribution in [3.63, 3.8) is 0 Å². The van der Waals surface area contributed by atoms with Gasteiger partial charge in [-0.2, -0.15) is 0 Å². The number of carbonyl (C=O) groups is 3. The zero-order valence-electron chi connectivity index (χ0n) is 18.0. The topological polar surface area (TPSA) is 78.9 Å². The van der Waals surface area contributed by atoms with Crippen molar-refractivity contribution in [1.82, 2.24) is 0 Å². The number of rotatable bonds is 9. The summed E-state index contributed by atoms with van der Waals surface area (Å²) in [6.07, 6.45) is 2.92. The van der Waals surface area contributed by atoms with Crippen LogP contribution in [0.2, 0.25) is 16.6 Å². The highest BCUT2D eigenvalue weighted by Gasteiger charge is 2.48. The number of hydrogen-bond donors (Lipinski definition) is 0. The quantitative estimate of drug-likeness (QED) is 0.249. The molecule has 0 aliphatic rings. The number of ether oxygens (including phenoxy) is 2. The molecule has 0 aliphatic carbocycles. The van der Waals surface area contributed by atoms with Crippen LogP contribution in [0.5, 0.6) is 0 Å². The summed E-state index contributed by atoms with van der Waals surface area (Å²) < 4.78 is 15.6. The third-order valence-electron chi connectivity index (χ3n) is 4.73. The fourth-order valence-corrected chi connectivity index (χ4v) is 8.53. The number of allylic oxidation sites excluding steroid dienone is 2. The average molecular weight is 399 g/mol. The summed E-state index contributed by atoms with van der Waals surface area (Å²) in [6.45, 7) is 15.2. The first-order chi connectivity index (χ1) is 12.4. The van der Waals surface area contributed by atoms with E-state index in [1.54, 1.807) is 13.8 Å². The van der Waals surface area contributed by atoms with E-state index in [0.717, 1.165) is 0 Å². The minimum atomic E-state index is -2.35. The molecule has 0 aliphatic heterocycles. The van der Waals surface area contributed by atoms with Crippen molar-refractivity contribution in [2.24, 2.45) is 0 Å². The molecule has 0 aromatic rings. The van der Waals surface area contributed by atoms with E-state index >= 15 is 0 Å². The monoisotopic (exact) mass is 398 g/mol. The summed E-state index contributed by atoms with van der Waals surface area (Å²) >= 11 is 0. The molecule has 154 valence electrons. The molecule has 0 radical (unpaired) electrons. The molecule has 0 spiro atoms. The van der Waals surface area contributed by atoms with Gasteiger partial charge in [-0.3, -0.25) is 0 Å². The smallest absolute Gasteiger partial charge is 0.334 e. The Balaban J connectivity index is 4.99. The van der Waals surface area contributed by atoms with Gasteiger partial charge >= 0.3 is 17.9 Å². The third-order valence-corrected chi connectivity index (χ3v) is 10.7. The summed E-state index contributed by atoms with van der Waals surface area (Å²) in [6, 6.07) is 0. The Morgan fingerprint density at radius 2 is 1.22 bits per heavy atom. The molecule has 0 unspecified atom stereocenters.